The Kier molecular flexibility index (Phi) is 5.93. The fraction of sp³-hybridized carbons (Fsp3) is 0.238. The highest BCUT2D eigenvalue weighted by molar-refractivity contribution is 7.13. The van der Waals surface area contributed by atoms with Crippen LogP contribution in [0, 0.1) is 0 Å². The molecule has 0 fully saturated rings. The van der Waals surface area contributed by atoms with Gasteiger partial charge < -0.3 is 10.1 Å². The number of carbonyl (C=O) groups is 2. The van der Waals surface area contributed by atoms with E-state index in [1.165, 1.54) is 0 Å². The third-order valence-corrected chi connectivity index (χ3v) is 4.60. The van der Waals surface area contributed by atoms with Gasteiger partial charge in [-0.1, -0.05) is 35.6 Å². The standard InChI is InChI=1S/C21H21N3O4S/c1-21(2,3)28-20(27)22-12-13-8-10-14(11-9-13)17(25)24-19-23-16-7-5-4-6-15(16)18(26)29-19/h4-11H,12H2,1-3H3,(H,22,27)(H,23,24,25). The minimum absolute atomic E-state index is 0.158. The molecular formula is C21H21N3O4S. The smallest absolute Gasteiger partial charge is 0.407 e. The molecule has 0 aliphatic heterocycles. The van der Waals surface area contributed by atoms with Gasteiger partial charge in [-0.3, -0.25) is 14.9 Å². The molecule has 0 saturated heterocycles. The summed E-state index contributed by atoms with van der Waals surface area (Å²) >= 11 is 0.889. The monoisotopic (exact) mass is 411 g/mol. The number of nitrogens with zero attached hydrogens (tertiary/aromatic N) is 1. The first kappa shape index (κ1) is 20.5. The van der Waals surface area contributed by atoms with Crippen molar-refractivity contribution in [3.05, 3.63) is 69.2 Å². The second-order valence-electron chi connectivity index (χ2n) is 7.33. The van der Waals surface area contributed by atoms with Crippen molar-refractivity contribution in [1.82, 2.24) is 10.3 Å². The van der Waals surface area contributed by atoms with Gasteiger partial charge >= 0.3 is 6.09 Å². The second kappa shape index (κ2) is 8.40. The van der Waals surface area contributed by atoms with Crippen LogP contribution in [0.2, 0.25) is 0 Å². The Morgan fingerprint density at radius 1 is 1.07 bits per heavy atom. The maximum Gasteiger partial charge on any atom is 0.407 e. The van der Waals surface area contributed by atoms with Crippen molar-refractivity contribution < 1.29 is 14.3 Å². The highest BCUT2D eigenvalue weighted by Crippen LogP contribution is 2.16. The average Bonchev–Trinajstić information content (AvgIpc) is 2.65. The van der Waals surface area contributed by atoms with E-state index in [0.29, 0.717) is 16.5 Å². The van der Waals surface area contributed by atoms with Gasteiger partial charge in [0.2, 0.25) is 4.74 Å². The summed E-state index contributed by atoms with van der Waals surface area (Å²) in [7, 11) is 0. The van der Waals surface area contributed by atoms with E-state index in [1.807, 2.05) is 0 Å². The van der Waals surface area contributed by atoms with E-state index in [2.05, 4.69) is 15.6 Å². The van der Waals surface area contributed by atoms with Crippen LogP contribution < -0.4 is 15.4 Å². The van der Waals surface area contributed by atoms with Gasteiger partial charge in [0.1, 0.15) is 5.60 Å². The SMILES string of the molecule is CC(C)(C)OC(=O)NCc1ccc(C(=O)Nc2nc3ccccc3c(=O)s2)cc1. The van der Waals surface area contributed by atoms with E-state index in [0.717, 1.165) is 16.9 Å². The number of fused-ring (bicyclic) bond motifs is 1. The number of aromatic nitrogens is 1. The van der Waals surface area contributed by atoms with Crippen LogP contribution in [-0.2, 0) is 11.3 Å². The number of hydrogen-bond acceptors (Lipinski definition) is 6. The van der Waals surface area contributed by atoms with E-state index < -0.39 is 11.7 Å². The van der Waals surface area contributed by atoms with Crippen molar-refractivity contribution in [3.63, 3.8) is 0 Å². The van der Waals surface area contributed by atoms with Crippen LogP contribution in [0.1, 0.15) is 36.7 Å². The van der Waals surface area contributed by atoms with Crippen molar-refractivity contribution in [2.45, 2.75) is 32.9 Å². The normalized spacial score (nSPS) is 11.1. The van der Waals surface area contributed by atoms with Gasteiger partial charge in [-0.15, -0.1) is 0 Å². The van der Waals surface area contributed by atoms with Crippen LogP contribution in [0.4, 0.5) is 9.93 Å². The Hall–Kier alpha value is -3.26. The number of nitrogens with one attached hydrogen (secondary N) is 2. The largest absolute Gasteiger partial charge is 0.444 e. The maximum absolute atomic E-state index is 12.5. The molecule has 2 aromatic carbocycles. The molecular weight excluding hydrogens is 390 g/mol. The van der Waals surface area contributed by atoms with E-state index in [-0.39, 0.29) is 22.3 Å². The number of hydrogen-bond donors (Lipinski definition) is 2. The first-order chi connectivity index (χ1) is 13.7. The van der Waals surface area contributed by atoms with Gasteiger partial charge in [0.05, 0.1) is 10.9 Å². The molecule has 3 rings (SSSR count). The number of benzene rings is 2. The van der Waals surface area contributed by atoms with Crippen LogP contribution in [-0.4, -0.2) is 22.6 Å². The van der Waals surface area contributed by atoms with Gasteiger partial charge in [0.15, 0.2) is 5.13 Å². The molecule has 0 aliphatic rings. The summed E-state index contributed by atoms with van der Waals surface area (Å²) in [5.41, 5.74) is 1.21. The summed E-state index contributed by atoms with van der Waals surface area (Å²) in [5, 5.41) is 6.10. The predicted octanol–water partition coefficient (Wildman–Crippen LogP) is 3.93. The topological polar surface area (TPSA) is 97.4 Å². The Balaban J connectivity index is 1.63. The zero-order valence-corrected chi connectivity index (χ0v) is 17.1. The molecule has 8 heteroatoms. The molecule has 150 valence electrons. The van der Waals surface area contributed by atoms with Crippen molar-refractivity contribution >= 4 is 39.4 Å². The van der Waals surface area contributed by atoms with Gasteiger partial charge in [0.25, 0.3) is 5.91 Å². The zero-order chi connectivity index (χ0) is 21.0. The molecule has 0 radical (unpaired) electrons. The van der Waals surface area contributed by atoms with Crippen LogP contribution in [0.25, 0.3) is 10.9 Å². The lowest BCUT2D eigenvalue weighted by molar-refractivity contribution is 0.0523. The fourth-order valence-corrected chi connectivity index (χ4v) is 3.25. The summed E-state index contributed by atoms with van der Waals surface area (Å²) < 4.78 is 5.02. The van der Waals surface area contributed by atoms with Crippen LogP contribution >= 0.6 is 11.3 Å². The van der Waals surface area contributed by atoms with E-state index in [4.69, 9.17) is 4.74 Å². The molecule has 1 heterocycles. The zero-order valence-electron chi connectivity index (χ0n) is 16.3. The maximum atomic E-state index is 12.5. The number of amides is 2. The highest BCUT2D eigenvalue weighted by Gasteiger charge is 2.16. The molecule has 0 unspecified atom stereocenters. The Morgan fingerprint density at radius 3 is 2.45 bits per heavy atom. The van der Waals surface area contributed by atoms with Crippen molar-refractivity contribution in [3.8, 4) is 0 Å². The minimum atomic E-state index is -0.562. The fourth-order valence-electron chi connectivity index (χ4n) is 2.50. The van der Waals surface area contributed by atoms with Gasteiger partial charge in [-0.25, -0.2) is 9.78 Å². The van der Waals surface area contributed by atoms with Crippen molar-refractivity contribution in [2.24, 2.45) is 0 Å². The first-order valence-electron chi connectivity index (χ1n) is 8.98. The highest BCUT2D eigenvalue weighted by atomic mass is 32.1. The van der Waals surface area contributed by atoms with Crippen molar-refractivity contribution in [1.29, 1.82) is 0 Å². The van der Waals surface area contributed by atoms with Crippen LogP contribution in [0.5, 0.6) is 0 Å². The number of para-hydroxylation sites is 1. The lowest BCUT2D eigenvalue weighted by Crippen LogP contribution is -2.32. The van der Waals surface area contributed by atoms with E-state index in [9.17, 15) is 14.4 Å². The first-order valence-corrected chi connectivity index (χ1v) is 9.80. The third-order valence-electron chi connectivity index (χ3n) is 3.81. The van der Waals surface area contributed by atoms with Gasteiger partial charge in [0, 0.05) is 12.1 Å². The summed E-state index contributed by atoms with van der Waals surface area (Å²) in [6, 6.07) is 13.8. The summed E-state index contributed by atoms with van der Waals surface area (Å²) in [6.45, 7) is 5.66. The van der Waals surface area contributed by atoms with Crippen LogP contribution in [0.3, 0.4) is 0 Å². The molecule has 3 aromatic rings. The molecule has 0 saturated carbocycles. The molecule has 0 bridgehead atoms. The quantitative estimate of drug-likeness (QED) is 0.678. The van der Waals surface area contributed by atoms with Crippen molar-refractivity contribution in [2.75, 3.05) is 5.32 Å². The summed E-state index contributed by atoms with van der Waals surface area (Å²) in [6.07, 6.45) is -0.503. The molecule has 2 amide bonds. The van der Waals surface area contributed by atoms with Gasteiger partial charge in [-0.05, 0) is 50.6 Å². The lowest BCUT2D eigenvalue weighted by Gasteiger charge is -2.19. The number of alkyl carbamates (subject to hydrolysis) is 1. The number of anilines is 1. The summed E-state index contributed by atoms with van der Waals surface area (Å²) in [5.74, 6) is -0.366. The molecule has 2 N–H and O–H groups in total. The second-order valence-corrected chi connectivity index (χ2v) is 8.29. The van der Waals surface area contributed by atoms with E-state index >= 15 is 0 Å². The summed E-state index contributed by atoms with van der Waals surface area (Å²) in [4.78, 5) is 40.6. The molecule has 29 heavy (non-hydrogen) atoms. The Morgan fingerprint density at radius 2 is 1.76 bits per heavy atom. The molecule has 0 atom stereocenters. The molecule has 7 nitrogen and oxygen atoms in total. The third kappa shape index (κ3) is 5.61. The number of ether oxygens (including phenoxy) is 1. The average molecular weight is 411 g/mol. The minimum Gasteiger partial charge on any atom is -0.444 e. The number of rotatable bonds is 4. The molecule has 1 aromatic heterocycles. The lowest BCUT2D eigenvalue weighted by atomic mass is 10.1. The van der Waals surface area contributed by atoms with E-state index in [1.54, 1.807) is 69.3 Å². The predicted molar refractivity (Wildman–Crippen MR) is 113 cm³/mol. The Bertz CT molecular complexity index is 1100. The molecule has 0 spiro atoms. The number of carbonyl (C=O) groups excluding carboxylic acids is 2. The molecule has 0 aliphatic carbocycles. The Labute approximate surface area is 171 Å². The van der Waals surface area contributed by atoms with Crippen LogP contribution in [0.15, 0.2) is 53.3 Å². The van der Waals surface area contributed by atoms with Gasteiger partial charge in [-0.2, -0.15) is 0 Å².